The van der Waals surface area contributed by atoms with E-state index in [4.69, 9.17) is 26.8 Å². The van der Waals surface area contributed by atoms with Crippen LogP contribution >= 0.6 is 11.6 Å². The van der Waals surface area contributed by atoms with Gasteiger partial charge in [-0.2, -0.15) is 13.2 Å². The van der Waals surface area contributed by atoms with E-state index < -0.39 is 16.8 Å². The number of fused-ring (bicyclic) bond motifs is 1. The van der Waals surface area contributed by atoms with Crippen molar-refractivity contribution in [1.82, 2.24) is 9.97 Å². The van der Waals surface area contributed by atoms with Gasteiger partial charge in [-0.05, 0) is 30.3 Å². The van der Waals surface area contributed by atoms with Crippen LogP contribution in [0.25, 0.3) is 0 Å². The molecular weight excluding hydrogens is 423 g/mol. The maximum Gasteiger partial charge on any atom is 0.417 e. The summed E-state index contributed by atoms with van der Waals surface area (Å²) in [7, 11) is 0. The van der Waals surface area contributed by atoms with Crippen molar-refractivity contribution in [2.75, 3.05) is 29.6 Å². The standard InChI is InChI=1S/C19H15ClF3N5O2/c20-13-3-1-10(7-12(13)19(21,22)23)27-17-16(24)18(26-9-25-17)28-11-2-4-14-15(8-11)30-6-5-29-14/h1-4,7-9H,5-6,24H2,(H2,25,26,27,28). The van der Waals surface area contributed by atoms with Gasteiger partial charge in [0.1, 0.15) is 25.2 Å². The Morgan fingerprint density at radius 2 is 1.50 bits per heavy atom. The number of nitrogens with one attached hydrogen (secondary N) is 2. The molecule has 0 saturated heterocycles. The number of nitrogen functional groups attached to an aromatic ring is 1. The smallest absolute Gasteiger partial charge is 0.417 e. The molecule has 0 spiro atoms. The minimum atomic E-state index is -4.59. The number of aromatic nitrogens is 2. The van der Waals surface area contributed by atoms with Crippen molar-refractivity contribution < 1.29 is 22.6 Å². The molecule has 0 amide bonds. The molecular formula is C19H15ClF3N5O2. The number of nitrogens with two attached hydrogens (primary N) is 1. The highest BCUT2D eigenvalue weighted by atomic mass is 35.5. The van der Waals surface area contributed by atoms with Crippen molar-refractivity contribution >= 4 is 40.3 Å². The lowest BCUT2D eigenvalue weighted by atomic mass is 10.2. The van der Waals surface area contributed by atoms with E-state index in [1.54, 1.807) is 18.2 Å². The third kappa shape index (κ3) is 4.13. The maximum atomic E-state index is 13.1. The zero-order valence-corrected chi connectivity index (χ0v) is 16.0. The quantitative estimate of drug-likeness (QED) is 0.529. The van der Waals surface area contributed by atoms with E-state index in [9.17, 15) is 13.2 Å². The van der Waals surface area contributed by atoms with Crippen molar-refractivity contribution in [3.05, 3.63) is 53.3 Å². The Hall–Kier alpha value is -3.40. The van der Waals surface area contributed by atoms with Gasteiger partial charge in [0.15, 0.2) is 23.1 Å². The van der Waals surface area contributed by atoms with Crippen molar-refractivity contribution in [3.8, 4) is 11.5 Å². The lowest BCUT2D eigenvalue weighted by Crippen LogP contribution is -2.15. The first-order valence-corrected chi connectivity index (χ1v) is 9.10. The molecule has 0 unspecified atom stereocenters. The molecule has 4 rings (SSSR count). The minimum Gasteiger partial charge on any atom is -0.486 e. The van der Waals surface area contributed by atoms with E-state index >= 15 is 0 Å². The number of ether oxygens (including phenoxy) is 2. The number of anilines is 5. The first kappa shape index (κ1) is 19.9. The van der Waals surface area contributed by atoms with Gasteiger partial charge in [-0.3, -0.25) is 0 Å². The molecule has 156 valence electrons. The van der Waals surface area contributed by atoms with Crippen molar-refractivity contribution in [2.45, 2.75) is 6.18 Å². The van der Waals surface area contributed by atoms with Crippen LogP contribution in [0.1, 0.15) is 5.56 Å². The Morgan fingerprint density at radius 3 is 2.17 bits per heavy atom. The van der Waals surface area contributed by atoms with Gasteiger partial charge in [-0.15, -0.1) is 0 Å². The topological polar surface area (TPSA) is 94.3 Å². The highest BCUT2D eigenvalue weighted by Gasteiger charge is 2.33. The second kappa shape index (κ2) is 7.79. The van der Waals surface area contributed by atoms with Crippen molar-refractivity contribution in [3.63, 3.8) is 0 Å². The summed E-state index contributed by atoms with van der Waals surface area (Å²) in [5, 5.41) is 5.41. The third-order valence-electron chi connectivity index (χ3n) is 4.22. The Bertz CT molecular complexity index is 1090. The summed E-state index contributed by atoms with van der Waals surface area (Å²) in [6.45, 7) is 0.926. The van der Waals surface area contributed by atoms with Crippen molar-refractivity contribution in [1.29, 1.82) is 0 Å². The highest BCUT2D eigenvalue weighted by Crippen LogP contribution is 2.38. The molecule has 0 bridgehead atoms. The van der Waals surface area contributed by atoms with E-state index in [2.05, 4.69) is 20.6 Å². The molecule has 1 aromatic heterocycles. The van der Waals surface area contributed by atoms with Crippen molar-refractivity contribution in [2.24, 2.45) is 0 Å². The van der Waals surface area contributed by atoms with Crippen LogP contribution in [0.4, 0.5) is 41.9 Å². The minimum absolute atomic E-state index is 0.121. The lowest BCUT2D eigenvalue weighted by Gasteiger charge is -2.19. The average molecular weight is 438 g/mol. The Kier molecular flexibility index (Phi) is 5.17. The molecule has 0 saturated carbocycles. The zero-order chi connectivity index (χ0) is 21.3. The summed E-state index contributed by atoms with van der Waals surface area (Å²) >= 11 is 5.65. The predicted molar refractivity (Wildman–Crippen MR) is 107 cm³/mol. The monoisotopic (exact) mass is 437 g/mol. The first-order chi connectivity index (χ1) is 14.3. The second-order valence-electron chi connectivity index (χ2n) is 6.29. The number of halogens is 4. The summed E-state index contributed by atoms with van der Waals surface area (Å²) in [4.78, 5) is 8.11. The largest absolute Gasteiger partial charge is 0.486 e. The van der Waals surface area contributed by atoms with Gasteiger partial charge < -0.3 is 25.8 Å². The van der Waals surface area contributed by atoms with Gasteiger partial charge in [0.2, 0.25) is 0 Å². The van der Waals surface area contributed by atoms with Gasteiger partial charge in [-0.1, -0.05) is 11.6 Å². The molecule has 2 heterocycles. The predicted octanol–water partition coefficient (Wildman–Crippen LogP) is 4.99. The Balaban J connectivity index is 1.58. The summed E-state index contributed by atoms with van der Waals surface area (Å²) in [6, 6.07) is 8.68. The van der Waals surface area contributed by atoms with E-state index in [0.29, 0.717) is 30.4 Å². The van der Waals surface area contributed by atoms with Crippen LogP contribution in [0.5, 0.6) is 11.5 Å². The highest BCUT2D eigenvalue weighted by molar-refractivity contribution is 6.31. The van der Waals surface area contributed by atoms with Crippen LogP contribution in [0.3, 0.4) is 0 Å². The van der Waals surface area contributed by atoms with Gasteiger partial charge in [0.25, 0.3) is 0 Å². The second-order valence-corrected chi connectivity index (χ2v) is 6.69. The van der Waals surface area contributed by atoms with Gasteiger partial charge >= 0.3 is 6.18 Å². The van der Waals surface area contributed by atoms with E-state index in [1.807, 2.05) is 0 Å². The van der Waals surface area contributed by atoms with E-state index in [1.165, 1.54) is 12.4 Å². The van der Waals surface area contributed by atoms with Crippen LogP contribution in [-0.4, -0.2) is 23.2 Å². The van der Waals surface area contributed by atoms with Crippen LogP contribution in [0, 0.1) is 0 Å². The van der Waals surface area contributed by atoms with Crippen LogP contribution in [0.15, 0.2) is 42.7 Å². The Labute approximate surface area is 174 Å². The summed E-state index contributed by atoms with van der Waals surface area (Å²) < 4.78 is 50.3. The molecule has 11 heteroatoms. The van der Waals surface area contributed by atoms with E-state index in [0.717, 1.165) is 12.1 Å². The van der Waals surface area contributed by atoms with Crippen LogP contribution < -0.4 is 25.8 Å². The summed E-state index contributed by atoms with van der Waals surface area (Å²) in [6.07, 6.45) is -3.35. The fourth-order valence-corrected chi connectivity index (χ4v) is 3.03. The number of benzene rings is 2. The fourth-order valence-electron chi connectivity index (χ4n) is 2.81. The zero-order valence-electron chi connectivity index (χ0n) is 15.3. The third-order valence-corrected chi connectivity index (χ3v) is 4.55. The average Bonchev–Trinajstić information content (AvgIpc) is 2.71. The molecule has 3 aromatic rings. The van der Waals surface area contributed by atoms with Gasteiger partial charge in [-0.25, -0.2) is 9.97 Å². The first-order valence-electron chi connectivity index (χ1n) is 8.72. The number of alkyl halides is 3. The lowest BCUT2D eigenvalue weighted by molar-refractivity contribution is -0.137. The molecule has 30 heavy (non-hydrogen) atoms. The molecule has 0 fully saturated rings. The molecule has 1 aliphatic rings. The maximum absolute atomic E-state index is 13.1. The number of rotatable bonds is 4. The van der Waals surface area contributed by atoms with Gasteiger partial charge in [0.05, 0.1) is 10.6 Å². The molecule has 7 nitrogen and oxygen atoms in total. The van der Waals surface area contributed by atoms with E-state index in [-0.39, 0.29) is 23.0 Å². The van der Waals surface area contributed by atoms with Crippen LogP contribution in [-0.2, 0) is 6.18 Å². The molecule has 0 radical (unpaired) electrons. The Morgan fingerprint density at radius 1 is 0.900 bits per heavy atom. The molecule has 0 atom stereocenters. The van der Waals surface area contributed by atoms with Gasteiger partial charge in [0, 0.05) is 17.4 Å². The van der Waals surface area contributed by atoms with Crippen LogP contribution in [0.2, 0.25) is 5.02 Å². The fraction of sp³-hybridized carbons (Fsp3) is 0.158. The molecule has 4 N–H and O–H groups in total. The SMILES string of the molecule is Nc1c(Nc2ccc3c(c2)OCCO3)ncnc1Nc1ccc(Cl)c(C(F)(F)F)c1. The number of hydrogen-bond donors (Lipinski definition) is 3. The summed E-state index contributed by atoms with van der Waals surface area (Å²) in [5.74, 6) is 1.63. The molecule has 1 aliphatic heterocycles. The summed E-state index contributed by atoms with van der Waals surface area (Å²) in [5.41, 5.74) is 6.04. The number of hydrogen-bond acceptors (Lipinski definition) is 7. The normalized spacial score (nSPS) is 13.1. The number of nitrogens with zero attached hydrogens (tertiary/aromatic N) is 2. The molecule has 0 aliphatic carbocycles. The molecule has 2 aromatic carbocycles.